The zero-order valence-electron chi connectivity index (χ0n) is 7.03. The molecule has 0 unspecified atom stereocenters. The Kier molecular flexibility index (Phi) is 3.78. The molecule has 1 heterocycles. The normalized spacial score (nSPS) is 29.2. The van der Waals surface area contributed by atoms with Crippen LogP contribution in [0.3, 0.4) is 0 Å². The first-order valence-electron chi connectivity index (χ1n) is 4.08. The van der Waals surface area contributed by atoms with Crippen molar-refractivity contribution in [3.8, 4) is 6.07 Å². The van der Waals surface area contributed by atoms with Crippen molar-refractivity contribution in [2.45, 2.75) is 31.5 Å². The van der Waals surface area contributed by atoms with E-state index in [1.165, 1.54) is 0 Å². The van der Waals surface area contributed by atoms with E-state index in [1.54, 1.807) is 0 Å². The summed E-state index contributed by atoms with van der Waals surface area (Å²) in [6.07, 6.45) is 4.17. The number of hydrogen-bond acceptors (Lipinski definition) is 3. The molecule has 0 amide bonds. The molecule has 1 fully saturated rings. The highest BCUT2D eigenvalue weighted by molar-refractivity contribution is 4.83. The fraction of sp³-hybridized carbons (Fsp3) is 0.667. The van der Waals surface area contributed by atoms with Gasteiger partial charge in [0.05, 0.1) is 24.7 Å². The molecule has 3 heteroatoms. The van der Waals surface area contributed by atoms with Crippen molar-refractivity contribution in [1.82, 2.24) is 0 Å². The van der Waals surface area contributed by atoms with Crippen molar-refractivity contribution in [2.24, 2.45) is 0 Å². The Morgan fingerprint density at radius 2 is 2.25 bits per heavy atom. The summed E-state index contributed by atoms with van der Waals surface area (Å²) >= 11 is 0. The molecular weight excluding hydrogens is 154 g/mol. The van der Waals surface area contributed by atoms with Gasteiger partial charge in [0.25, 0.3) is 0 Å². The molecule has 0 N–H and O–H groups in total. The fourth-order valence-corrected chi connectivity index (χ4v) is 1.26. The Bertz CT molecular complexity index is 185. The van der Waals surface area contributed by atoms with Crippen molar-refractivity contribution < 1.29 is 9.47 Å². The highest BCUT2D eigenvalue weighted by atomic mass is 16.7. The zero-order chi connectivity index (χ0) is 8.81. The van der Waals surface area contributed by atoms with Gasteiger partial charge in [-0.1, -0.05) is 6.08 Å². The van der Waals surface area contributed by atoms with Gasteiger partial charge in [-0.05, 0) is 6.42 Å². The Hall–Kier alpha value is -0.850. The predicted molar refractivity (Wildman–Crippen MR) is 44.3 cm³/mol. The second kappa shape index (κ2) is 4.91. The summed E-state index contributed by atoms with van der Waals surface area (Å²) in [5.74, 6) is 0. The molecule has 3 nitrogen and oxygen atoms in total. The lowest BCUT2D eigenvalue weighted by Gasteiger charge is -2.27. The number of rotatable bonds is 3. The van der Waals surface area contributed by atoms with E-state index in [0.29, 0.717) is 13.2 Å². The maximum absolute atomic E-state index is 8.44. The maximum atomic E-state index is 8.44. The van der Waals surface area contributed by atoms with Crippen LogP contribution in [0.15, 0.2) is 12.7 Å². The van der Waals surface area contributed by atoms with Crippen molar-refractivity contribution in [3.63, 3.8) is 0 Å². The minimum atomic E-state index is 0.0497. The molecule has 1 aliphatic heterocycles. The van der Waals surface area contributed by atoms with Crippen LogP contribution in [0.4, 0.5) is 0 Å². The van der Waals surface area contributed by atoms with Crippen molar-refractivity contribution >= 4 is 0 Å². The molecule has 2 atom stereocenters. The molecule has 12 heavy (non-hydrogen) atoms. The summed E-state index contributed by atoms with van der Waals surface area (Å²) in [7, 11) is 0. The van der Waals surface area contributed by atoms with Gasteiger partial charge in [-0.2, -0.15) is 5.26 Å². The topological polar surface area (TPSA) is 42.2 Å². The van der Waals surface area contributed by atoms with Crippen molar-refractivity contribution in [1.29, 1.82) is 5.26 Å². The minimum absolute atomic E-state index is 0.0497. The highest BCUT2D eigenvalue weighted by Gasteiger charge is 2.21. The minimum Gasteiger partial charge on any atom is -0.352 e. The quantitative estimate of drug-likeness (QED) is 0.599. The van der Waals surface area contributed by atoms with Gasteiger partial charge in [0.15, 0.2) is 0 Å². The summed E-state index contributed by atoms with van der Waals surface area (Å²) in [5.41, 5.74) is 0. The van der Waals surface area contributed by atoms with Gasteiger partial charge in [-0.25, -0.2) is 0 Å². The van der Waals surface area contributed by atoms with E-state index >= 15 is 0 Å². The molecule has 0 radical (unpaired) electrons. The van der Waals surface area contributed by atoms with Crippen LogP contribution in [0.5, 0.6) is 0 Å². The Morgan fingerprint density at radius 3 is 2.92 bits per heavy atom. The maximum Gasteiger partial charge on any atom is 0.147 e. The predicted octanol–water partition coefficient (Wildman–Crippen LogP) is 1.61. The van der Waals surface area contributed by atoms with E-state index in [9.17, 15) is 0 Å². The van der Waals surface area contributed by atoms with Crippen LogP contribution in [0.2, 0.25) is 0 Å². The standard InChI is InChI=1S/C9H13NO2/c1-2-3-8-6-9(4-5-10)12-7-11-8/h2,8-9H,1,3-4,6-7H2/t8-,9+/m1/s1. The van der Waals surface area contributed by atoms with Crippen molar-refractivity contribution in [3.05, 3.63) is 12.7 Å². The Balaban J connectivity index is 2.30. The summed E-state index contributed by atoms with van der Waals surface area (Å²) in [6.45, 7) is 3.95. The molecule has 0 bridgehead atoms. The van der Waals surface area contributed by atoms with Gasteiger partial charge in [0.2, 0.25) is 0 Å². The monoisotopic (exact) mass is 167 g/mol. The molecule has 0 saturated carbocycles. The van der Waals surface area contributed by atoms with E-state index < -0.39 is 0 Å². The molecular formula is C9H13NO2. The third-order valence-electron chi connectivity index (χ3n) is 1.88. The first-order chi connectivity index (χ1) is 5.86. The highest BCUT2D eigenvalue weighted by Crippen LogP contribution is 2.18. The molecule has 0 spiro atoms. The molecule has 0 aromatic carbocycles. The largest absolute Gasteiger partial charge is 0.352 e. The lowest BCUT2D eigenvalue weighted by atomic mass is 10.1. The number of ether oxygens (including phenoxy) is 2. The van der Waals surface area contributed by atoms with Gasteiger partial charge in [0, 0.05) is 6.42 Å². The van der Waals surface area contributed by atoms with Gasteiger partial charge in [0.1, 0.15) is 6.79 Å². The molecule has 1 rings (SSSR count). The third-order valence-corrected chi connectivity index (χ3v) is 1.88. The third kappa shape index (κ3) is 2.65. The zero-order valence-corrected chi connectivity index (χ0v) is 7.03. The number of nitrogens with zero attached hydrogens (tertiary/aromatic N) is 1. The van der Waals surface area contributed by atoms with Crippen LogP contribution in [0.1, 0.15) is 19.3 Å². The summed E-state index contributed by atoms with van der Waals surface area (Å²) in [5, 5.41) is 8.44. The smallest absolute Gasteiger partial charge is 0.147 e. The summed E-state index contributed by atoms with van der Waals surface area (Å²) in [6, 6.07) is 2.09. The van der Waals surface area contributed by atoms with Crippen LogP contribution in [0.25, 0.3) is 0 Å². The van der Waals surface area contributed by atoms with Crippen LogP contribution in [-0.2, 0) is 9.47 Å². The van der Waals surface area contributed by atoms with Crippen LogP contribution in [0, 0.1) is 11.3 Å². The van der Waals surface area contributed by atoms with Gasteiger partial charge in [-0.3, -0.25) is 0 Å². The Morgan fingerprint density at radius 1 is 1.50 bits per heavy atom. The lowest BCUT2D eigenvalue weighted by Crippen LogP contribution is -2.30. The average Bonchev–Trinajstić information content (AvgIpc) is 2.06. The molecule has 66 valence electrons. The second-order valence-electron chi connectivity index (χ2n) is 2.82. The first kappa shape index (κ1) is 9.24. The SMILES string of the molecule is C=CC[C@@H]1C[C@H](CC#N)OCO1. The second-order valence-corrected chi connectivity index (χ2v) is 2.82. The van der Waals surface area contributed by atoms with E-state index in [2.05, 4.69) is 12.6 Å². The fourth-order valence-electron chi connectivity index (χ4n) is 1.26. The van der Waals surface area contributed by atoms with Crippen LogP contribution >= 0.6 is 0 Å². The van der Waals surface area contributed by atoms with Crippen molar-refractivity contribution in [2.75, 3.05) is 6.79 Å². The molecule has 0 aromatic rings. The van der Waals surface area contributed by atoms with E-state index in [1.807, 2.05) is 6.08 Å². The molecule has 0 aromatic heterocycles. The molecule has 1 saturated heterocycles. The van der Waals surface area contributed by atoms with E-state index in [4.69, 9.17) is 14.7 Å². The van der Waals surface area contributed by atoms with E-state index in [-0.39, 0.29) is 12.2 Å². The molecule has 1 aliphatic rings. The summed E-state index contributed by atoms with van der Waals surface area (Å²) < 4.78 is 10.5. The lowest BCUT2D eigenvalue weighted by molar-refractivity contribution is -0.172. The van der Waals surface area contributed by atoms with Gasteiger partial charge in [-0.15, -0.1) is 6.58 Å². The van der Waals surface area contributed by atoms with Crippen LogP contribution in [-0.4, -0.2) is 19.0 Å². The molecule has 0 aliphatic carbocycles. The van der Waals surface area contributed by atoms with Gasteiger partial charge >= 0.3 is 0 Å². The average molecular weight is 167 g/mol. The van der Waals surface area contributed by atoms with E-state index in [0.717, 1.165) is 12.8 Å². The van der Waals surface area contributed by atoms with Crippen LogP contribution < -0.4 is 0 Å². The number of hydrogen-bond donors (Lipinski definition) is 0. The summed E-state index contributed by atoms with van der Waals surface area (Å²) in [4.78, 5) is 0. The number of nitriles is 1. The van der Waals surface area contributed by atoms with Gasteiger partial charge < -0.3 is 9.47 Å². The first-order valence-corrected chi connectivity index (χ1v) is 4.08. The Labute approximate surface area is 72.6 Å².